The van der Waals surface area contributed by atoms with Gasteiger partial charge in [-0.25, -0.2) is 4.79 Å². The Kier molecular flexibility index (Phi) is 3.09. The Labute approximate surface area is 131 Å². The molecular weight excluding hydrogens is 298 g/mol. The lowest BCUT2D eigenvalue weighted by Gasteiger charge is -2.32. The minimum Gasteiger partial charge on any atom is -0.477 e. The zero-order valence-electron chi connectivity index (χ0n) is 12.3. The first-order valence-corrected chi connectivity index (χ1v) is 7.41. The molecular formula is C16H15N3O4. The molecule has 0 amide bonds. The van der Waals surface area contributed by atoms with E-state index in [4.69, 9.17) is 4.74 Å². The Morgan fingerprint density at radius 3 is 2.78 bits per heavy atom. The average molecular weight is 313 g/mol. The normalized spacial score (nSPS) is 16.9. The van der Waals surface area contributed by atoms with Gasteiger partial charge in [0.2, 0.25) is 11.3 Å². The number of nitrogens with one attached hydrogen (secondary N) is 1. The van der Waals surface area contributed by atoms with Crippen molar-refractivity contribution in [2.75, 3.05) is 26.2 Å². The van der Waals surface area contributed by atoms with Crippen LogP contribution in [0.25, 0.3) is 17.1 Å². The summed E-state index contributed by atoms with van der Waals surface area (Å²) in [7, 11) is 0. The second-order valence-corrected chi connectivity index (χ2v) is 5.54. The van der Waals surface area contributed by atoms with Crippen molar-refractivity contribution in [1.82, 2.24) is 14.8 Å². The highest BCUT2D eigenvalue weighted by atomic mass is 16.5. The van der Waals surface area contributed by atoms with E-state index >= 15 is 0 Å². The summed E-state index contributed by atoms with van der Waals surface area (Å²) in [6, 6.07) is 5.11. The van der Waals surface area contributed by atoms with Crippen LogP contribution in [0.5, 0.6) is 5.75 Å². The van der Waals surface area contributed by atoms with Crippen LogP contribution in [0.1, 0.15) is 10.4 Å². The van der Waals surface area contributed by atoms with E-state index in [-0.39, 0.29) is 5.56 Å². The van der Waals surface area contributed by atoms with Crippen LogP contribution in [-0.2, 0) is 0 Å². The van der Waals surface area contributed by atoms with Gasteiger partial charge in [-0.1, -0.05) is 6.07 Å². The van der Waals surface area contributed by atoms with Gasteiger partial charge in [-0.05, 0) is 12.1 Å². The SMILES string of the molecule is O=C(O)c1cn2c3c(cccc3c1=O)OC(N1CCNCC1)=C2. The topological polar surface area (TPSA) is 83.8 Å². The number of carboxylic acid groups (broad SMARTS) is 1. The van der Waals surface area contributed by atoms with Gasteiger partial charge in [0, 0.05) is 32.4 Å². The number of aromatic carboxylic acids is 1. The molecule has 1 fully saturated rings. The molecule has 2 aliphatic rings. The molecule has 118 valence electrons. The van der Waals surface area contributed by atoms with Crippen LogP contribution in [0.3, 0.4) is 0 Å². The summed E-state index contributed by atoms with van der Waals surface area (Å²) in [5.74, 6) is -0.00581. The molecule has 2 aromatic rings. The molecule has 2 N–H and O–H groups in total. The Morgan fingerprint density at radius 1 is 1.26 bits per heavy atom. The van der Waals surface area contributed by atoms with Gasteiger partial charge in [0.25, 0.3) is 0 Å². The van der Waals surface area contributed by atoms with Crippen molar-refractivity contribution >= 4 is 23.1 Å². The van der Waals surface area contributed by atoms with Crippen molar-refractivity contribution in [3.05, 3.63) is 46.1 Å². The van der Waals surface area contributed by atoms with Gasteiger partial charge in [0.1, 0.15) is 5.56 Å². The van der Waals surface area contributed by atoms with E-state index in [0.29, 0.717) is 22.5 Å². The Bertz CT molecular complexity index is 894. The van der Waals surface area contributed by atoms with Crippen molar-refractivity contribution in [2.45, 2.75) is 0 Å². The summed E-state index contributed by atoms with van der Waals surface area (Å²) in [4.78, 5) is 25.7. The molecule has 1 aromatic heterocycles. The molecule has 0 unspecified atom stereocenters. The summed E-state index contributed by atoms with van der Waals surface area (Å²) in [5.41, 5.74) is -0.137. The predicted molar refractivity (Wildman–Crippen MR) is 84.5 cm³/mol. The predicted octanol–water partition coefficient (Wildman–Crippen LogP) is 0.753. The van der Waals surface area contributed by atoms with E-state index in [2.05, 4.69) is 10.2 Å². The molecule has 0 aliphatic carbocycles. The van der Waals surface area contributed by atoms with Crippen molar-refractivity contribution in [2.24, 2.45) is 0 Å². The average Bonchev–Trinajstić information content (AvgIpc) is 2.58. The van der Waals surface area contributed by atoms with Crippen molar-refractivity contribution < 1.29 is 14.6 Å². The number of para-hydroxylation sites is 1. The number of rotatable bonds is 2. The fourth-order valence-electron chi connectivity index (χ4n) is 3.01. The summed E-state index contributed by atoms with van der Waals surface area (Å²) in [5, 5.41) is 12.9. The first-order valence-electron chi connectivity index (χ1n) is 7.41. The van der Waals surface area contributed by atoms with Crippen LogP contribution in [0.2, 0.25) is 0 Å². The number of hydrogen-bond acceptors (Lipinski definition) is 5. The number of aromatic nitrogens is 1. The van der Waals surface area contributed by atoms with Gasteiger partial charge in [0.15, 0.2) is 5.75 Å². The fourth-order valence-corrected chi connectivity index (χ4v) is 3.01. The number of benzene rings is 1. The highest BCUT2D eigenvalue weighted by Crippen LogP contribution is 2.31. The van der Waals surface area contributed by atoms with Gasteiger partial charge in [-0.3, -0.25) is 4.79 Å². The van der Waals surface area contributed by atoms with E-state index in [0.717, 1.165) is 26.2 Å². The van der Waals surface area contributed by atoms with Crippen molar-refractivity contribution in [1.29, 1.82) is 0 Å². The standard InChI is InChI=1S/C16H15N3O4/c20-15-10-2-1-3-12-14(10)19(8-11(15)16(21)22)9-13(23-12)18-6-4-17-5-7-18/h1-3,8-9,17H,4-7H2,(H,21,22). The van der Waals surface area contributed by atoms with Gasteiger partial charge in [-0.2, -0.15) is 0 Å². The molecule has 0 atom stereocenters. The fraction of sp³-hybridized carbons (Fsp3) is 0.250. The summed E-state index contributed by atoms with van der Waals surface area (Å²) < 4.78 is 7.63. The molecule has 0 spiro atoms. The number of pyridine rings is 1. The lowest BCUT2D eigenvalue weighted by Crippen LogP contribution is -2.44. The van der Waals surface area contributed by atoms with Crippen LogP contribution in [0.15, 0.2) is 35.1 Å². The second-order valence-electron chi connectivity index (χ2n) is 5.54. The highest BCUT2D eigenvalue weighted by Gasteiger charge is 2.23. The summed E-state index contributed by atoms with van der Waals surface area (Å²) in [6.07, 6.45) is 3.10. The Balaban J connectivity index is 1.92. The largest absolute Gasteiger partial charge is 0.477 e. The van der Waals surface area contributed by atoms with E-state index in [9.17, 15) is 14.7 Å². The highest BCUT2D eigenvalue weighted by molar-refractivity contribution is 5.95. The maximum absolute atomic E-state index is 12.3. The lowest BCUT2D eigenvalue weighted by atomic mass is 10.1. The molecule has 23 heavy (non-hydrogen) atoms. The smallest absolute Gasteiger partial charge is 0.341 e. The van der Waals surface area contributed by atoms with E-state index in [1.165, 1.54) is 6.20 Å². The summed E-state index contributed by atoms with van der Waals surface area (Å²) >= 11 is 0. The molecule has 0 bridgehead atoms. The number of nitrogens with zero attached hydrogens (tertiary/aromatic N) is 2. The van der Waals surface area contributed by atoms with Gasteiger partial charge in [0.05, 0.1) is 17.1 Å². The van der Waals surface area contributed by atoms with Crippen LogP contribution in [0, 0.1) is 0 Å². The Morgan fingerprint density at radius 2 is 2.04 bits per heavy atom. The number of ether oxygens (including phenoxy) is 1. The second kappa shape index (κ2) is 5.13. The molecule has 0 saturated carbocycles. The van der Waals surface area contributed by atoms with E-state index < -0.39 is 11.4 Å². The molecule has 7 heteroatoms. The maximum atomic E-state index is 12.3. The minimum atomic E-state index is -1.23. The molecule has 1 aromatic carbocycles. The number of hydrogen-bond donors (Lipinski definition) is 2. The van der Waals surface area contributed by atoms with Crippen LogP contribution >= 0.6 is 0 Å². The quantitative estimate of drug-likeness (QED) is 0.851. The monoisotopic (exact) mass is 313 g/mol. The first-order chi connectivity index (χ1) is 11.1. The van der Waals surface area contributed by atoms with Gasteiger partial charge < -0.3 is 24.6 Å². The molecule has 3 heterocycles. The van der Waals surface area contributed by atoms with E-state index in [1.807, 2.05) is 0 Å². The number of carbonyl (C=O) groups is 1. The maximum Gasteiger partial charge on any atom is 0.341 e. The third-order valence-electron chi connectivity index (χ3n) is 4.14. The first kappa shape index (κ1) is 13.8. The van der Waals surface area contributed by atoms with Gasteiger partial charge >= 0.3 is 5.97 Å². The zero-order valence-corrected chi connectivity index (χ0v) is 12.3. The van der Waals surface area contributed by atoms with Crippen LogP contribution in [-0.4, -0.2) is 46.7 Å². The third kappa shape index (κ3) is 2.17. The van der Waals surface area contributed by atoms with Gasteiger partial charge in [-0.15, -0.1) is 0 Å². The zero-order chi connectivity index (χ0) is 16.0. The molecule has 0 radical (unpaired) electrons. The number of carboxylic acids is 1. The summed E-state index contributed by atoms with van der Waals surface area (Å²) in [6.45, 7) is 3.34. The van der Waals surface area contributed by atoms with Crippen LogP contribution in [0.4, 0.5) is 0 Å². The van der Waals surface area contributed by atoms with Crippen molar-refractivity contribution in [3.63, 3.8) is 0 Å². The minimum absolute atomic E-state index is 0.243. The molecule has 7 nitrogen and oxygen atoms in total. The molecule has 1 saturated heterocycles. The lowest BCUT2D eigenvalue weighted by molar-refractivity contribution is 0.0695. The van der Waals surface area contributed by atoms with Crippen molar-refractivity contribution in [3.8, 4) is 5.75 Å². The molecule has 4 rings (SSSR count). The van der Waals surface area contributed by atoms with Crippen LogP contribution < -0.4 is 15.5 Å². The molecule has 2 aliphatic heterocycles. The van der Waals surface area contributed by atoms with E-state index in [1.54, 1.807) is 29.0 Å². The third-order valence-corrected chi connectivity index (χ3v) is 4.14. The number of piperazine rings is 1. The Hall–Kier alpha value is -2.80.